The molecule has 0 aliphatic rings. The summed E-state index contributed by atoms with van der Waals surface area (Å²) in [5.41, 5.74) is 0.188. The van der Waals surface area contributed by atoms with Crippen LogP contribution in [0.1, 0.15) is 19.4 Å². The van der Waals surface area contributed by atoms with Gasteiger partial charge in [-0.15, -0.1) is 0 Å². The molecule has 0 heterocycles. The molecule has 72 valence electrons. The lowest BCUT2D eigenvalue weighted by Gasteiger charge is -2.23. The largest absolute Gasteiger partial charge is 0.384 e. The van der Waals surface area contributed by atoms with Gasteiger partial charge < -0.3 is 10.4 Å². The predicted octanol–water partition coefficient (Wildman–Crippen LogP) is 1.50. The van der Waals surface area contributed by atoms with Crippen LogP contribution in [0, 0.1) is 0 Å². The zero-order valence-corrected chi connectivity index (χ0v) is 8.25. The van der Waals surface area contributed by atoms with Gasteiger partial charge in [0.25, 0.3) is 0 Å². The van der Waals surface area contributed by atoms with Crippen molar-refractivity contribution in [3.05, 3.63) is 35.9 Å². The summed E-state index contributed by atoms with van der Waals surface area (Å²) in [6.07, 6.45) is 0. The highest BCUT2D eigenvalue weighted by Gasteiger charge is 2.21. The first-order valence-corrected chi connectivity index (χ1v) is 4.65. The summed E-state index contributed by atoms with van der Waals surface area (Å²) in [5, 5.41) is 13.2. The minimum atomic E-state index is -0.767. The van der Waals surface area contributed by atoms with Gasteiger partial charge in [0.2, 0.25) is 0 Å². The van der Waals surface area contributed by atoms with Crippen LogP contribution in [0.15, 0.2) is 30.3 Å². The van der Waals surface area contributed by atoms with E-state index in [0.29, 0.717) is 6.54 Å². The molecule has 1 aromatic rings. The molecular weight excluding hydrogens is 162 g/mol. The van der Waals surface area contributed by atoms with Gasteiger partial charge in [-0.25, -0.2) is 0 Å². The Hall–Kier alpha value is -0.860. The summed E-state index contributed by atoms with van der Waals surface area (Å²) in [4.78, 5) is 0. The van der Waals surface area contributed by atoms with Crippen molar-refractivity contribution in [1.29, 1.82) is 0 Å². The molecule has 2 nitrogen and oxygen atoms in total. The van der Waals surface area contributed by atoms with Gasteiger partial charge in [-0.3, -0.25) is 0 Å². The van der Waals surface area contributed by atoms with Gasteiger partial charge in [-0.05, 0) is 19.0 Å². The second-order valence-corrected chi connectivity index (χ2v) is 3.42. The van der Waals surface area contributed by atoms with Gasteiger partial charge in [-0.1, -0.05) is 37.3 Å². The van der Waals surface area contributed by atoms with Gasteiger partial charge in [0, 0.05) is 6.54 Å². The number of hydrogen-bond acceptors (Lipinski definition) is 2. The molecule has 0 aliphatic heterocycles. The molecule has 1 rings (SSSR count). The van der Waals surface area contributed by atoms with E-state index in [1.54, 1.807) is 0 Å². The number of likely N-dealkylation sites (N-methyl/N-ethyl adjacent to an activating group) is 1. The molecule has 0 amide bonds. The Balaban J connectivity index is 2.69. The molecule has 0 bridgehead atoms. The summed E-state index contributed by atoms with van der Waals surface area (Å²) >= 11 is 0. The molecule has 0 unspecified atom stereocenters. The molecule has 13 heavy (non-hydrogen) atoms. The van der Waals surface area contributed by atoms with E-state index in [0.717, 1.165) is 12.1 Å². The van der Waals surface area contributed by atoms with E-state index in [9.17, 15) is 5.11 Å². The van der Waals surface area contributed by atoms with E-state index in [1.165, 1.54) is 0 Å². The average molecular weight is 179 g/mol. The van der Waals surface area contributed by atoms with Crippen molar-refractivity contribution in [3.63, 3.8) is 0 Å². The van der Waals surface area contributed by atoms with Crippen molar-refractivity contribution in [1.82, 2.24) is 5.32 Å². The van der Waals surface area contributed by atoms with Crippen molar-refractivity contribution >= 4 is 0 Å². The molecule has 0 radical (unpaired) electrons. The van der Waals surface area contributed by atoms with E-state index >= 15 is 0 Å². The third-order valence-corrected chi connectivity index (χ3v) is 2.11. The molecule has 1 aromatic carbocycles. The Bertz CT molecular complexity index is 244. The number of rotatable bonds is 4. The van der Waals surface area contributed by atoms with Crippen LogP contribution >= 0.6 is 0 Å². The molecule has 0 saturated heterocycles. The molecular formula is C11H17NO. The second-order valence-electron chi connectivity index (χ2n) is 3.42. The minimum absolute atomic E-state index is 0.591. The van der Waals surface area contributed by atoms with Gasteiger partial charge in [0.05, 0.1) is 5.60 Å². The maximum absolute atomic E-state index is 10.1. The minimum Gasteiger partial charge on any atom is -0.384 e. The Morgan fingerprint density at radius 1 is 1.31 bits per heavy atom. The fourth-order valence-corrected chi connectivity index (χ4v) is 1.27. The lowest BCUT2D eigenvalue weighted by atomic mass is 9.96. The van der Waals surface area contributed by atoms with Gasteiger partial charge in [-0.2, -0.15) is 0 Å². The van der Waals surface area contributed by atoms with Crippen LogP contribution in [-0.2, 0) is 5.60 Å². The van der Waals surface area contributed by atoms with E-state index in [2.05, 4.69) is 5.32 Å². The molecule has 2 N–H and O–H groups in total. The maximum atomic E-state index is 10.1. The van der Waals surface area contributed by atoms with E-state index in [4.69, 9.17) is 0 Å². The number of aliphatic hydroxyl groups is 1. The normalized spacial score (nSPS) is 15.3. The molecule has 0 fully saturated rings. The molecule has 1 atom stereocenters. The molecule has 2 heteroatoms. The average Bonchev–Trinajstić information content (AvgIpc) is 2.16. The third kappa shape index (κ3) is 2.83. The quantitative estimate of drug-likeness (QED) is 0.734. The van der Waals surface area contributed by atoms with E-state index in [-0.39, 0.29) is 0 Å². The molecule has 0 aromatic heterocycles. The van der Waals surface area contributed by atoms with Crippen molar-refractivity contribution in [3.8, 4) is 0 Å². The van der Waals surface area contributed by atoms with Gasteiger partial charge in [0.15, 0.2) is 0 Å². The summed E-state index contributed by atoms with van der Waals surface area (Å²) in [6.45, 7) is 5.32. The Labute approximate surface area is 79.6 Å². The maximum Gasteiger partial charge on any atom is 0.0992 e. The second kappa shape index (κ2) is 4.40. The monoisotopic (exact) mass is 179 g/mol. The first-order chi connectivity index (χ1) is 6.17. The Morgan fingerprint density at radius 2 is 1.92 bits per heavy atom. The lowest BCUT2D eigenvalue weighted by molar-refractivity contribution is 0.0576. The van der Waals surface area contributed by atoms with Gasteiger partial charge >= 0.3 is 0 Å². The fourth-order valence-electron chi connectivity index (χ4n) is 1.27. The highest BCUT2D eigenvalue weighted by molar-refractivity contribution is 5.21. The van der Waals surface area contributed by atoms with Crippen LogP contribution in [0.2, 0.25) is 0 Å². The van der Waals surface area contributed by atoms with Crippen molar-refractivity contribution in [2.45, 2.75) is 19.4 Å². The summed E-state index contributed by atoms with van der Waals surface area (Å²) < 4.78 is 0. The smallest absolute Gasteiger partial charge is 0.0992 e. The van der Waals surface area contributed by atoms with Crippen molar-refractivity contribution < 1.29 is 5.11 Å². The highest BCUT2D eigenvalue weighted by atomic mass is 16.3. The SMILES string of the molecule is CCNC[C@@](C)(O)c1ccccc1. The highest BCUT2D eigenvalue weighted by Crippen LogP contribution is 2.18. The van der Waals surface area contributed by atoms with E-state index in [1.807, 2.05) is 44.2 Å². The van der Waals surface area contributed by atoms with Crippen LogP contribution in [0.5, 0.6) is 0 Å². The van der Waals surface area contributed by atoms with Crippen molar-refractivity contribution in [2.75, 3.05) is 13.1 Å². The summed E-state index contributed by atoms with van der Waals surface area (Å²) in [6, 6.07) is 9.72. The van der Waals surface area contributed by atoms with Crippen LogP contribution in [0.25, 0.3) is 0 Å². The van der Waals surface area contributed by atoms with Crippen LogP contribution in [0.3, 0.4) is 0 Å². The molecule has 0 aliphatic carbocycles. The first kappa shape index (κ1) is 10.2. The topological polar surface area (TPSA) is 32.3 Å². The Morgan fingerprint density at radius 3 is 2.46 bits per heavy atom. The summed E-state index contributed by atoms with van der Waals surface area (Å²) in [7, 11) is 0. The molecule has 0 saturated carbocycles. The zero-order chi connectivity index (χ0) is 9.73. The van der Waals surface area contributed by atoms with Gasteiger partial charge in [0.1, 0.15) is 0 Å². The zero-order valence-electron chi connectivity index (χ0n) is 8.25. The molecule has 0 spiro atoms. The van der Waals surface area contributed by atoms with E-state index < -0.39 is 5.60 Å². The third-order valence-electron chi connectivity index (χ3n) is 2.11. The summed E-state index contributed by atoms with van der Waals surface area (Å²) in [5.74, 6) is 0. The fraction of sp³-hybridized carbons (Fsp3) is 0.455. The Kier molecular flexibility index (Phi) is 3.46. The predicted molar refractivity (Wildman–Crippen MR) is 54.6 cm³/mol. The number of nitrogens with one attached hydrogen (secondary N) is 1. The lowest BCUT2D eigenvalue weighted by Crippen LogP contribution is -2.35. The number of benzene rings is 1. The standard InChI is InChI=1S/C11H17NO/c1-3-12-9-11(2,13)10-7-5-4-6-8-10/h4-8,12-13H,3,9H2,1-2H3/t11-/m1/s1. The first-order valence-electron chi connectivity index (χ1n) is 4.65. The van der Waals surface area contributed by atoms with Crippen LogP contribution < -0.4 is 5.32 Å². The van der Waals surface area contributed by atoms with Crippen LogP contribution in [0.4, 0.5) is 0 Å². The van der Waals surface area contributed by atoms with Crippen molar-refractivity contribution in [2.24, 2.45) is 0 Å². The number of hydrogen-bond donors (Lipinski definition) is 2. The van der Waals surface area contributed by atoms with Crippen LogP contribution in [-0.4, -0.2) is 18.2 Å².